The molecule has 0 spiro atoms. The first-order chi connectivity index (χ1) is 32.9. The second kappa shape index (κ2) is 33.7. The number of benzene rings is 1. The van der Waals surface area contributed by atoms with Gasteiger partial charge in [0.05, 0.1) is 19.1 Å². The minimum atomic E-state index is -2.27. The second-order valence-electron chi connectivity index (χ2n) is 17.6. The number of aromatic nitrogens is 2. The molecule has 0 aliphatic carbocycles. The Morgan fingerprint density at radius 3 is 1.96 bits per heavy atom. The Morgan fingerprint density at radius 2 is 1.35 bits per heavy atom. The fourth-order valence-electron chi connectivity index (χ4n) is 7.86. The van der Waals surface area contributed by atoms with E-state index in [0.717, 1.165) is 62.7 Å². The third kappa shape index (κ3) is 20.1. The van der Waals surface area contributed by atoms with E-state index in [1.807, 2.05) is 30.3 Å². The summed E-state index contributed by atoms with van der Waals surface area (Å²) in [6.45, 7) is 3.73. The summed E-state index contributed by atoms with van der Waals surface area (Å²) in [4.78, 5) is 25.1. The molecule has 0 radical (unpaired) electrons. The first kappa shape index (κ1) is 59.5. The summed E-state index contributed by atoms with van der Waals surface area (Å²) in [5.74, 6) is -2.37. The first-order valence-electron chi connectivity index (χ1n) is 24.7. The lowest BCUT2D eigenvalue weighted by atomic mass is 9.98. The minimum Gasteiger partial charge on any atom is -0.453 e. The Hall–Kier alpha value is -2.78. The van der Waals surface area contributed by atoms with E-state index in [9.17, 15) is 45.3 Å². The van der Waals surface area contributed by atoms with Crippen molar-refractivity contribution in [2.24, 2.45) is 5.92 Å². The van der Waals surface area contributed by atoms with Gasteiger partial charge in [-0.15, -0.1) is 10.2 Å². The van der Waals surface area contributed by atoms with E-state index in [1.54, 1.807) is 6.92 Å². The molecule has 2 fully saturated rings. The number of allylic oxidation sites excluding steroid dienone is 2. The molecule has 4 rings (SSSR count). The molecule has 0 amide bonds. The van der Waals surface area contributed by atoms with Gasteiger partial charge in [0.1, 0.15) is 48.9 Å². The van der Waals surface area contributed by atoms with Crippen LogP contribution < -0.4 is 4.74 Å². The van der Waals surface area contributed by atoms with Crippen molar-refractivity contribution in [1.82, 2.24) is 10.2 Å². The number of aliphatic hydroxyl groups excluding tert-OH is 7. The molecule has 386 valence electrons. The molecule has 2 saturated heterocycles. The SMILES string of the molecule is CCCCCCCC/C=C\CCCCCCC(C)C(=O)O[C@H]1[C@H](O)[C@@H](CO)O[C@@]1(CO)O[C@H]1O[C@H](CO)[C@@H](O)[C@H](O)[C@H]1O.CCCCCCCCSC(=O)Oc1cc(Cl)nnc1-c1ccccc1. The molecule has 68 heavy (non-hydrogen) atoms. The standard InChI is InChI=1S/C31H56O12.C19H23ClN2O2S/c1-3-4-5-6-7-8-9-10-11-12-13-14-15-16-17-21(2)29(39)41-28-25(36)23(19-33)42-31(28,20-34)43-30-27(38)26(37)24(35)22(18-32)40-30;1-2-3-4-5-6-10-13-25-19(23)24-16-14-17(20)21-22-18(16)15-11-8-7-9-12-15/h10-11,21-28,30,32-38H,3-9,12-20H2,1-2H3;7-9,11-12,14H,2-6,10,13H2,1H3/b11-10-;/t21?,22-,23-,24-,25-,26+,27-,28+,30-,31+;/m1./s1. The zero-order chi connectivity index (χ0) is 49.7. The predicted molar refractivity (Wildman–Crippen MR) is 261 cm³/mol. The van der Waals surface area contributed by atoms with E-state index in [0.29, 0.717) is 17.9 Å². The third-order valence-electron chi connectivity index (χ3n) is 12.0. The van der Waals surface area contributed by atoms with Crippen LogP contribution >= 0.6 is 23.4 Å². The summed E-state index contributed by atoms with van der Waals surface area (Å²) in [6.07, 6.45) is 13.3. The van der Waals surface area contributed by atoms with Crippen LogP contribution in [0.3, 0.4) is 0 Å². The van der Waals surface area contributed by atoms with Crippen molar-refractivity contribution in [3.63, 3.8) is 0 Å². The maximum Gasteiger partial charge on any atom is 0.372 e. The topological polar surface area (TPSA) is 248 Å². The number of nitrogens with zero attached hydrogens (tertiary/aromatic N) is 2. The van der Waals surface area contributed by atoms with Gasteiger partial charge in [-0.25, -0.2) is 4.79 Å². The zero-order valence-electron chi connectivity index (χ0n) is 40.2. The van der Waals surface area contributed by atoms with Gasteiger partial charge in [0, 0.05) is 17.4 Å². The molecule has 1 aromatic heterocycles. The largest absolute Gasteiger partial charge is 0.453 e. The van der Waals surface area contributed by atoms with Gasteiger partial charge in [0.25, 0.3) is 0 Å². The number of hydrogen-bond donors (Lipinski definition) is 7. The van der Waals surface area contributed by atoms with Crippen molar-refractivity contribution in [2.45, 2.75) is 198 Å². The molecule has 10 atom stereocenters. The Bertz CT molecular complexity index is 1720. The summed E-state index contributed by atoms with van der Waals surface area (Å²) < 4.78 is 27.6. The Morgan fingerprint density at radius 1 is 0.765 bits per heavy atom. The van der Waals surface area contributed by atoms with E-state index < -0.39 is 86.5 Å². The average molecular weight is 1000 g/mol. The van der Waals surface area contributed by atoms with Crippen LogP contribution in [0.25, 0.3) is 11.3 Å². The number of carbonyl (C=O) groups is 2. The first-order valence-corrected chi connectivity index (χ1v) is 26.1. The fourth-order valence-corrected chi connectivity index (χ4v) is 8.66. The fraction of sp³-hybridized carbons (Fsp3) is 0.720. The lowest BCUT2D eigenvalue weighted by Crippen LogP contribution is -2.63. The van der Waals surface area contributed by atoms with Crippen LogP contribution in [0.1, 0.15) is 143 Å². The second-order valence-corrected chi connectivity index (χ2v) is 19.0. The van der Waals surface area contributed by atoms with Gasteiger partial charge in [-0.2, -0.15) is 0 Å². The number of ether oxygens (including phenoxy) is 5. The molecule has 2 aliphatic heterocycles. The summed E-state index contributed by atoms with van der Waals surface area (Å²) in [5.41, 5.74) is 1.34. The Balaban J connectivity index is 0.000000414. The van der Waals surface area contributed by atoms with Crippen molar-refractivity contribution in [1.29, 1.82) is 0 Å². The number of unbranched alkanes of at least 4 members (excludes halogenated alkanes) is 15. The van der Waals surface area contributed by atoms with Gasteiger partial charge in [-0.05, 0) is 50.3 Å². The highest BCUT2D eigenvalue weighted by molar-refractivity contribution is 8.13. The summed E-state index contributed by atoms with van der Waals surface area (Å²) in [6, 6.07) is 11.0. The van der Waals surface area contributed by atoms with Crippen LogP contribution in [0, 0.1) is 5.92 Å². The maximum atomic E-state index is 13.0. The number of hydrogen-bond acceptors (Lipinski definition) is 17. The summed E-state index contributed by atoms with van der Waals surface area (Å²) in [7, 11) is 0. The maximum absolute atomic E-state index is 13.0. The van der Waals surface area contributed by atoms with Crippen LogP contribution in [0.4, 0.5) is 4.79 Å². The number of halogens is 1. The van der Waals surface area contributed by atoms with E-state index in [1.165, 1.54) is 82.0 Å². The highest BCUT2D eigenvalue weighted by Gasteiger charge is 2.61. The molecule has 0 saturated carbocycles. The van der Waals surface area contributed by atoms with Gasteiger partial charge in [0.2, 0.25) is 5.79 Å². The van der Waals surface area contributed by atoms with E-state index >= 15 is 0 Å². The normalized spacial score (nSPS) is 25.2. The van der Waals surface area contributed by atoms with Gasteiger partial charge in [-0.3, -0.25) is 4.79 Å². The molecule has 0 bridgehead atoms. The number of aliphatic hydroxyl groups is 7. The molecule has 18 heteroatoms. The van der Waals surface area contributed by atoms with Crippen LogP contribution in [-0.2, 0) is 23.7 Å². The van der Waals surface area contributed by atoms with E-state index in [4.69, 9.17) is 35.3 Å². The average Bonchev–Trinajstić information content (AvgIpc) is 3.60. The van der Waals surface area contributed by atoms with Gasteiger partial charge >= 0.3 is 11.3 Å². The monoisotopic (exact) mass is 998 g/mol. The highest BCUT2D eigenvalue weighted by Crippen LogP contribution is 2.38. The Kier molecular flexibility index (Phi) is 29.5. The lowest BCUT2D eigenvalue weighted by Gasteiger charge is -2.43. The zero-order valence-corrected chi connectivity index (χ0v) is 41.8. The van der Waals surface area contributed by atoms with E-state index in [-0.39, 0.29) is 10.5 Å². The Labute approximate surface area is 412 Å². The smallest absolute Gasteiger partial charge is 0.372 e. The molecule has 7 N–H and O–H groups in total. The molecule has 16 nitrogen and oxygen atoms in total. The van der Waals surface area contributed by atoms with Crippen LogP contribution in [-0.4, -0.2) is 138 Å². The number of thioether (sulfide) groups is 1. The van der Waals surface area contributed by atoms with Crippen molar-refractivity contribution in [3.8, 4) is 17.0 Å². The van der Waals surface area contributed by atoms with Crippen LogP contribution in [0.5, 0.6) is 5.75 Å². The van der Waals surface area contributed by atoms with Gasteiger partial charge < -0.3 is 59.4 Å². The van der Waals surface area contributed by atoms with Crippen LogP contribution in [0.15, 0.2) is 48.6 Å². The summed E-state index contributed by atoms with van der Waals surface area (Å²) in [5, 5.41) is 78.4. The lowest BCUT2D eigenvalue weighted by molar-refractivity contribution is -0.384. The quantitative estimate of drug-likeness (QED) is 0.0224. The number of rotatable bonds is 30. The molecule has 2 aliphatic rings. The van der Waals surface area contributed by atoms with Crippen molar-refractivity contribution in [3.05, 3.63) is 53.7 Å². The summed E-state index contributed by atoms with van der Waals surface area (Å²) >= 11 is 7.10. The molecule has 2 aromatic rings. The van der Waals surface area contributed by atoms with Gasteiger partial charge in [-0.1, -0.05) is 158 Å². The van der Waals surface area contributed by atoms with Crippen molar-refractivity contribution in [2.75, 3.05) is 25.6 Å². The number of carbonyl (C=O) groups excluding carboxylic acids is 2. The minimum absolute atomic E-state index is 0.198. The molecular formula is C50H79ClN2O14S. The van der Waals surface area contributed by atoms with Crippen molar-refractivity contribution < 1.29 is 69.0 Å². The predicted octanol–water partition coefficient (Wildman–Crippen LogP) is 7.83. The third-order valence-corrected chi connectivity index (χ3v) is 13.0. The number of esters is 1. The van der Waals surface area contributed by atoms with E-state index in [2.05, 4.69) is 36.2 Å². The molecule has 1 unspecified atom stereocenters. The highest BCUT2D eigenvalue weighted by atomic mass is 35.5. The van der Waals surface area contributed by atoms with Gasteiger partial charge in [0.15, 0.2) is 23.3 Å². The molecule has 1 aromatic carbocycles. The van der Waals surface area contributed by atoms with Crippen molar-refractivity contribution >= 4 is 34.6 Å². The molecular weight excluding hydrogens is 920 g/mol. The van der Waals surface area contributed by atoms with Crippen LogP contribution in [0.2, 0.25) is 5.15 Å². The molecule has 3 heterocycles.